The molecule has 2 aliphatic rings. The first-order valence-electron chi connectivity index (χ1n) is 6.78. The number of hydrogen-bond acceptors (Lipinski definition) is 4. The highest BCUT2D eigenvalue weighted by Crippen LogP contribution is 2.22. The summed E-state index contributed by atoms with van der Waals surface area (Å²) in [5.41, 5.74) is 0. The molecular formula is C13H21N3O3. The van der Waals surface area contributed by atoms with Gasteiger partial charge in [0.15, 0.2) is 0 Å². The van der Waals surface area contributed by atoms with Crippen LogP contribution < -0.4 is 5.32 Å². The van der Waals surface area contributed by atoms with Crippen LogP contribution in [0.3, 0.4) is 0 Å². The number of likely N-dealkylation sites (N-methyl/N-ethyl adjacent to an activating group) is 1. The maximum atomic E-state index is 12.4. The van der Waals surface area contributed by atoms with Crippen molar-refractivity contribution in [3.8, 4) is 0 Å². The quantitative estimate of drug-likeness (QED) is 0.715. The number of carbonyl (C=O) groups excluding carboxylic acids is 3. The third-order valence-corrected chi connectivity index (χ3v) is 3.74. The first-order chi connectivity index (χ1) is 8.91. The van der Waals surface area contributed by atoms with Gasteiger partial charge in [0.1, 0.15) is 6.04 Å². The van der Waals surface area contributed by atoms with Crippen molar-refractivity contribution >= 4 is 17.7 Å². The van der Waals surface area contributed by atoms with Gasteiger partial charge in [-0.3, -0.25) is 19.3 Å². The highest BCUT2D eigenvalue weighted by molar-refractivity contribution is 6.06. The molecule has 6 heteroatoms. The molecule has 0 saturated carbocycles. The predicted molar refractivity (Wildman–Crippen MR) is 69.2 cm³/mol. The number of carbonyl (C=O) groups is 3. The minimum Gasteiger partial charge on any atom is -0.329 e. The molecule has 6 nitrogen and oxygen atoms in total. The Bertz CT molecular complexity index is 408. The average Bonchev–Trinajstić information content (AvgIpc) is 2.59. The first-order valence-corrected chi connectivity index (χ1v) is 6.78. The number of amides is 3. The molecule has 2 rings (SSSR count). The van der Waals surface area contributed by atoms with E-state index in [1.165, 1.54) is 7.05 Å². The van der Waals surface area contributed by atoms with Crippen LogP contribution in [0.4, 0.5) is 0 Å². The number of likely N-dealkylation sites (tertiary alicyclic amines) is 2. The number of nitrogens with one attached hydrogen (secondary N) is 1. The summed E-state index contributed by atoms with van der Waals surface area (Å²) in [6.45, 7) is 4.54. The van der Waals surface area contributed by atoms with Gasteiger partial charge < -0.3 is 10.2 Å². The van der Waals surface area contributed by atoms with Crippen molar-refractivity contribution in [2.24, 2.45) is 0 Å². The lowest BCUT2D eigenvalue weighted by atomic mass is 10.0. The second kappa shape index (κ2) is 5.28. The van der Waals surface area contributed by atoms with Crippen LogP contribution in [0.5, 0.6) is 0 Å². The SMILES string of the molecule is CC(C)NC1CCCN(C2CC(=O)N(C)C2=O)C1=O. The lowest BCUT2D eigenvalue weighted by Gasteiger charge is -2.36. The molecule has 2 saturated heterocycles. The maximum Gasteiger partial charge on any atom is 0.252 e. The van der Waals surface area contributed by atoms with Gasteiger partial charge in [-0.1, -0.05) is 13.8 Å². The van der Waals surface area contributed by atoms with Gasteiger partial charge in [0.2, 0.25) is 11.8 Å². The van der Waals surface area contributed by atoms with Crippen LogP contribution in [-0.2, 0) is 14.4 Å². The summed E-state index contributed by atoms with van der Waals surface area (Å²) in [6.07, 6.45) is 1.77. The van der Waals surface area contributed by atoms with E-state index < -0.39 is 6.04 Å². The summed E-state index contributed by atoms with van der Waals surface area (Å²) in [7, 11) is 1.48. The van der Waals surface area contributed by atoms with Crippen molar-refractivity contribution < 1.29 is 14.4 Å². The molecule has 2 atom stereocenters. The highest BCUT2D eigenvalue weighted by atomic mass is 16.2. The standard InChI is InChI=1S/C13H21N3O3/c1-8(2)14-9-5-4-6-16(12(9)18)10-7-11(17)15(3)13(10)19/h8-10,14H,4-7H2,1-3H3. The summed E-state index contributed by atoms with van der Waals surface area (Å²) in [6, 6.07) is -0.609. The molecular weight excluding hydrogens is 246 g/mol. The molecule has 1 N–H and O–H groups in total. The van der Waals surface area contributed by atoms with E-state index in [0.29, 0.717) is 6.54 Å². The molecule has 0 aromatic carbocycles. The van der Waals surface area contributed by atoms with Crippen molar-refractivity contribution in [2.45, 2.75) is 51.2 Å². The van der Waals surface area contributed by atoms with Crippen LogP contribution in [0.25, 0.3) is 0 Å². The van der Waals surface area contributed by atoms with E-state index in [2.05, 4.69) is 5.32 Å². The Labute approximate surface area is 113 Å². The van der Waals surface area contributed by atoms with E-state index in [4.69, 9.17) is 0 Å². The van der Waals surface area contributed by atoms with Crippen LogP contribution in [0.15, 0.2) is 0 Å². The van der Waals surface area contributed by atoms with Crippen molar-refractivity contribution in [2.75, 3.05) is 13.6 Å². The van der Waals surface area contributed by atoms with Gasteiger partial charge in [0, 0.05) is 19.6 Å². The summed E-state index contributed by atoms with van der Waals surface area (Å²) in [5, 5.41) is 3.22. The van der Waals surface area contributed by atoms with Crippen molar-refractivity contribution in [1.82, 2.24) is 15.1 Å². The third kappa shape index (κ3) is 2.63. The van der Waals surface area contributed by atoms with Gasteiger partial charge in [0.05, 0.1) is 12.5 Å². The maximum absolute atomic E-state index is 12.4. The molecule has 19 heavy (non-hydrogen) atoms. The van der Waals surface area contributed by atoms with E-state index in [1.807, 2.05) is 13.8 Å². The van der Waals surface area contributed by atoms with Gasteiger partial charge in [-0.05, 0) is 12.8 Å². The molecule has 106 valence electrons. The number of imide groups is 1. The number of rotatable bonds is 3. The molecule has 0 aliphatic carbocycles. The smallest absolute Gasteiger partial charge is 0.252 e. The molecule has 2 heterocycles. The Morgan fingerprint density at radius 1 is 1.21 bits per heavy atom. The van der Waals surface area contributed by atoms with E-state index in [-0.39, 0.29) is 36.2 Å². The molecule has 0 radical (unpaired) electrons. The molecule has 0 bridgehead atoms. The fourth-order valence-electron chi connectivity index (χ4n) is 2.75. The van der Waals surface area contributed by atoms with Crippen LogP contribution in [0, 0.1) is 0 Å². The fraction of sp³-hybridized carbons (Fsp3) is 0.769. The van der Waals surface area contributed by atoms with Gasteiger partial charge in [-0.25, -0.2) is 0 Å². The van der Waals surface area contributed by atoms with E-state index in [0.717, 1.165) is 17.7 Å². The largest absolute Gasteiger partial charge is 0.329 e. The minimum absolute atomic E-state index is 0.0543. The second-order valence-electron chi connectivity index (χ2n) is 5.56. The van der Waals surface area contributed by atoms with Crippen LogP contribution in [0.1, 0.15) is 33.1 Å². The zero-order valence-electron chi connectivity index (χ0n) is 11.7. The minimum atomic E-state index is -0.596. The Kier molecular flexibility index (Phi) is 3.89. The normalized spacial score (nSPS) is 28.7. The van der Waals surface area contributed by atoms with Crippen molar-refractivity contribution in [3.05, 3.63) is 0 Å². The highest BCUT2D eigenvalue weighted by Gasteiger charge is 2.44. The fourth-order valence-corrected chi connectivity index (χ4v) is 2.75. The van der Waals surface area contributed by atoms with Gasteiger partial charge in [0.25, 0.3) is 5.91 Å². The van der Waals surface area contributed by atoms with Crippen molar-refractivity contribution in [1.29, 1.82) is 0 Å². The van der Waals surface area contributed by atoms with Crippen LogP contribution in [-0.4, -0.2) is 59.2 Å². The van der Waals surface area contributed by atoms with Crippen LogP contribution in [0.2, 0.25) is 0 Å². The topological polar surface area (TPSA) is 69.7 Å². The van der Waals surface area contributed by atoms with E-state index >= 15 is 0 Å². The lowest BCUT2D eigenvalue weighted by molar-refractivity contribution is -0.146. The Hall–Kier alpha value is -1.43. The Balaban J connectivity index is 2.10. The van der Waals surface area contributed by atoms with Gasteiger partial charge >= 0.3 is 0 Å². The molecule has 0 aromatic heterocycles. The average molecular weight is 267 g/mol. The lowest BCUT2D eigenvalue weighted by Crippen LogP contribution is -2.56. The van der Waals surface area contributed by atoms with Gasteiger partial charge in [-0.15, -0.1) is 0 Å². The van der Waals surface area contributed by atoms with Gasteiger partial charge in [-0.2, -0.15) is 0 Å². The number of hydrogen-bond donors (Lipinski definition) is 1. The molecule has 0 spiro atoms. The Morgan fingerprint density at radius 2 is 1.89 bits per heavy atom. The third-order valence-electron chi connectivity index (χ3n) is 3.74. The zero-order chi connectivity index (χ0) is 14.2. The second-order valence-corrected chi connectivity index (χ2v) is 5.56. The first kappa shape index (κ1) is 14.0. The summed E-state index contributed by atoms with van der Waals surface area (Å²) in [5.74, 6) is -0.522. The molecule has 2 fully saturated rings. The van der Waals surface area contributed by atoms with Crippen LogP contribution >= 0.6 is 0 Å². The number of nitrogens with zero attached hydrogens (tertiary/aromatic N) is 2. The Morgan fingerprint density at radius 3 is 2.42 bits per heavy atom. The predicted octanol–water partition coefficient (Wildman–Crippen LogP) is -0.267. The molecule has 3 amide bonds. The summed E-state index contributed by atoms with van der Waals surface area (Å²) in [4.78, 5) is 38.6. The molecule has 2 unspecified atom stereocenters. The summed E-state index contributed by atoms with van der Waals surface area (Å²) < 4.78 is 0. The zero-order valence-corrected chi connectivity index (χ0v) is 11.7. The molecule has 0 aromatic rings. The number of piperidine rings is 1. The van der Waals surface area contributed by atoms with Crippen molar-refractivity contribution in [3.63, 3.8) is 0 Å². The summed E-state index contributed by atoms with van der Waals surface area (Å²) >= 11 is 0. The monoisotopic (exact) mass is 267 g/mol. The van der Waals surface area contributed by atoms with E-state index in [9.17, 15) is 14.4 Å². The van der Waals surface area contributed by atoms with E-state index in [1.54, 1.807) is 4.90 Å². The molecule has 2 aliphatic heterocycles.